The van der Waals surface area contributed by atoms with Crippen LogP contribution in [0.25, 0.3) is 10.9 Å². The van der Waals surface area contributed by atoms with Gasteiger partial charge in [-0.2, -0.15) is 5.10 Å². The predicted octanol–water partition coefficient (Wildman–Crippen LogP) is 1.69. The smallest absolute Gasteiger partial charge is 0.153 e. The summed E-state index contributed by atoms with van der Waals surface area (Å²) >= 11 is 0. The number of nitrogens with zero attached hydrogens (tertiary/aromatic N) is 1. The minimum Gasteiger partial charge on any atom is -0.495 e. The molecule has 0 fully saturated rings. The van der Waals surface area contributed by atoms with Crippen LogP contribution in [-0.4, -0.2) is 23.6 Å². The first-order chi connectivity index (χ1) is 6.77. The van der Waals surface area contributed by atoms with E-state index in [9.17, 15) is 4.79 Å². The lowest BCUT2D eigenvalue weighted by molar-refractivity contribution is 0.112. The first kappa shape index (κ1) is 8.74. The van der Waals surface area contributed by atoms with Crippen LogP contribution in [0.3, 0.4) is 0 Å². The largest absolute Gasteiger partial charge is 0.495 e. The molecule has 0 aliphatic heterocycles. The number of H-pyrrole nitrogens is 1. The molecule has 72 valence electrons. The van der Waals surface area contributed by atoms with Gasteiger partial charge >= 0.3 is 0 Å². The Bertz CT molecular complexity index is 488. The number of carbonyl (C=O) groups excluding carboxylic acids is 1. The molecule has 0 saturated heterocycles. The summed E-state index contributed by atoms with van der Waals surface area (Å²) in [6.45, 7) is 1.90. The van der Waals surface area contributed by atoms with E-state index in [1.807, 2.05) is 6.92 Å². The van der Waals surface area contributed by atoms with Gasteiger partial charge < -0.3 is 4.74 Å². The van der Waals surface area contributed by atoms with Crippen LogP contribution in [0.15, 0.2) is 12.1 Å². The lowest BCUT2D eigenvalue weighted by Gasteiger charge is -2.04. The zero-order valence-electron chi connectivity index (χ0n) is 8.00. The van der Waals surface area contributed by atoms with Crippen molar-refractivity contribution in [1.29, 1.82) is 0 Å². The van der Waals surface area contributed by atoms with Crippen LogP contribution in [0.5, 0.6) is 5.75 Å². The number of hydrogen-bond acceptors (Lipinski definition) is 3. The number of ether oxygens (including phenoxy) is 1. The number of fused-ring (bicyclic) bond motifs is 1. The lowest BCUT2D eigenvalue weighted by atomic mass is 10.1. The van der Waals surface area contributed by atoms with Gasteiger partial charge in [-0.25, -0.2) is 0 Å². The van der Waals surface area contributed by atoms with E-state index in [-0.39, 0.29) is 0 Å². The Morgan fingerprint density at radius 3 is 2.93 bits per heavy atom. The fourth-order valence-electron chi connectivity index (χ4n) is 1.56. The molecule has 4 nitrogen and oxygen atoms in total. The molecule has 1 aromatic carbocycles. The first-order valence-corrected chi connectivity index (χ1v) is 4.24. The summed E-state index contributed by atoms with van der Waals surface area (Å²) in [4.78, 5) is 10.8. The highest BCUT2D eigenvalue weighted by Crippen LogP contribution is 2.29. The average molecular weight is 190 g/mol. The Morgan fingerprint density at radius 2 is 2.29 bits per heavy atom. The lowest BCUT2D eigenvalue weighted by Crippen LogP contribution is -1.91. The molecule has 2 aromatic rings. The minimum atomic E-state index is 0.546. The maximum absolute atomic E-state index is 10.8. The third-order valence-electron chi connectivity index (χ3n) is 2.22. The molecule has 1 N–H and O–H groups in total. The van der Waals surface area contributed by atoms with Crippen LogP contribution >= 0.6 is 0 Å². The van der Waals surface area contributed by atoms with Crippen LogP contribution in [0.4, 0.5) is 0 Å². The van der Waals surface area contributed by atoms with E-state index >= 15 is 0 Å². The summed E-state index contributed by atoms with van der Waals surface area (Å²) in [5.74, 6) is 0.587. The fraction of sp³-hybridized carbons (Fsp3) is 0.200. The molecule has 0 saturated carbocycles. The molecule has 0 bridgehead atoms. The topological polar surface area (TPSA) is 55.0 Å². The van der Waals surface area contributed by atoms with Crippen molar-refractivity contribution < 1.29 is 9.53 Å². The monoisotopic (exact) mass is 190 g/mol. The van der Waals surface area contributed by atoms with Gasteiger partial charge in [0.05, 0.1) is 23.6 Å². The van der Waals surface area contributed by atoms with Crippen molar-refractivity contribution in [3.63, 3.8) is 0 Å². The van der Waals surface area contributed by atoms with Gasteiger partial charge in [-0.1, -0.05) is 0 Å². The maximum Gasteiger partial charge on any atom is 0.153 e. The van der Waals surface area contributed by atoms with Gasteiger partial charge in [0.2, 0.25) is 0 Å². The van der Waals surface area contributed by atoms with Gasteiger partial charge in [-0.3, -0.25) is 9.89 Å². The quantitative estimate of drug-likeness (QED) is 0.733. The summed E-state index contributed by atoms with van der Waals surface area (Å²) in [6, 6.07) is 3.50. The molecule has 0 unspecified atom stereocenters. The molecule has 1 aromatic heterocycles. The number of carbonyl (C=O) groups is 1. The molecule has 1 heterocycles. The van der Waals surface area contributed by atoms with Crippen molar-refractivity contribution in [1.82, 2.24) is 10.2 Å². The minimum absolute atomic E-state index is 0.546. The first-order valence-electron chi connectivity index (χ1n) is 4.24. The Kier molecular flexibility index (Phi) is 1.96. The Balaban J connectivity index is 2.87. The van der Waals surface area contributed by atoms with E-state index < -0.39 is 0 Å². The fourth-order valence-corrected chi connectivity index (χ4v) is 1.56. The molecule has 2 rings (SSSR count). The van der Waals surface area contributed by atoms with Gasteiger partial charge in [0, 0.05) is 5.69 Å². The standard InChI is InChI=1S/C10H10N2O2/c1-6-9-8(12-11-6)4-3-7(5-13)10(9)14-2/h3-5H,1-2H3,(H,11,12). The Labute approximate surface area is 80.9 Å². The molecule has 0 radical (unpaired) electrons. The second kappa shape index (κ2) is 3.14. The van der Waals surface area contributed by atoms with Crippen molar-refractivity contribution in [3.8, 4) is 5.75 Å². The number of nitrogens with one attached hydrogen (secondary N) is 1. The molecular formula is C10H10N2O2. The molecular weight excluding hydrogens is 180 g/mol. The number of aryl methyl sites for hydroxylation is 1. The normalized spacial score (nSPS) is 10.4. The number of methoxy groups -OCH3 is 1. The van der Waals surface area contributed by atoms with Gasteiger partial charge in [-0.05, 0) is 19.1 Å². The number of aromatic amines is 1. The van der Waals surface area contributed by atoms with Crippen LogP contribution < -0.4 is 4.74 Å². The Hall–Kier alpha value is -1.84. The summed E-state index contributed by atoms with van der Waals surface area (Å²) in [5.41, 5.74) is 2.26. The van der Waals surface area contributed by atoms with E-state index in [0.717, 1.165) is 22.9 Å². The van der Waals surface area contributed by atoms with Crippen LogP contribution in [0.1, 0.15) is 16.1 Å². The number of hydrogen-bond donors (Lipinski definition) is 1. The number of benzene rings is 1. The van der Waals surface area contributed by atoms with Gasteiger partial charge in [0.1, 0.15) is 5.75 Å². The number of aromatic nitrogens is 2. The second-order valence-electron chi connectivity index (χ2n) is 3.05. The zero-order chi connectivity index (χ0) is 10.1. The molecule has 0 aliphatic rings. The molecule has 14 heavy (non-hydrogen) atoms. The molecule has 0 aliphatic carbocycles. The third-order valence-corrected chi connectivity index (χ3v) is 2.22. The van der Waals surface area contributed by atoms with Crippen molar-refractivity contribution in [2.24, 2.45) is 0 Å². The maximum atomic E-state index is 10.8. The van der Waals surface area contributed by atoms with Crippen molar-refractivity contribution in [3.05, 3.63) is 23.4 Å². The number of rotatable bonds is 2. The average Bonchev–Trinajstić information content (AvgIpc) is 2.59. The number of aldehydes is 1. The highest BCUT2D eigenvalue weighted by Gasteiger charge is 2.11. The van der Waals surface area contributed by atoms with Crippen molar-refractivity contribution in [2.45, 2.75) is 6.92 Å². The third kappa shape index (κ3) is 1.08. The molecule has 0 amide bonds. The van der Waals surface area contributed by atoms with E-state index in [4.69, 9.17) is 4.74 Å². The molecule has 0 spiro atoms. The van der Waals surface area contributed by atoms with Crippen LogP contribution in [-0.2, 0) is 0 Å². The van der Waals surface area contributed by atoms with E-state index in [1.165, 1.54) is 0 Å². The van der Waals surface area contributed by atoms with Gasteiger partial charge in [0.15, 0.2) is 6.29 Å². The van der Waals surface area contributed by atoms with E-state index in [1.54, 1.807) is 19.2 Å². The Morgan fingerprint density at radius 1 is 1.50 bits per heavy atom. The summed E-state index contributed by atoms with van der Waals surface area (Å²) in [5, 5.41) is 7.81. The van der Waals surface area contributed by atoms with E-state index in [0.29, 0.717) is 11.3 Å². The predicted molar refractivity (Wildman–Crippen MR) is 52.8 cm³/mol. The molecule has 0 atom stereocenters. The highest BCUT2D eigenvalue weighted by atomic mass is 16.5. The molecule has 4 heteroatoms. The van der Waals surface area contributed by atoms with Crippen molar-refractivity contribution in [2.75, 3.05) is 7.11 Å². The SMILES string of the molecule is COc1c(C=O)ccc2n[nH]c(C)c12. The highest BCUT2D eigenvalue weighted by molar-refractivity contribution is 5.95. The van der Waals surface area contributed by atoms with Crippen LogP contribution in [0, 0.1) is 6.92 Å². The second-order valence-corrected chi connectivity index (χ2v) is 3.05. The zero-order valence-corrected chi connectivity index (χ0v) is 8.00. The summed E-state index contributed by atoms with van der Waals surface area (Å²) < 4.78 is 5.20. The summed E-state index contributed by atoms with van der Waals surface area (Å²) in [7, 11) is 1.55. The van der Waals surface area contributed by atoms with Crippen molar-refractivity contribution >= 4 is 17.2 Å². The van der Waals surface area contributed by atoms with E-state index in [2.05, 4.69) is 10.2 Å². The van der Waals surface area contributed by atoms with Gasteiger partial charge in [0.25, 0.3) is 0 Å². The van der Waals surface area contributed by atoms with Crippen LogP contribution in [0.2, 0.25) is 0 Å². The summed E-state index contributed by atoms with van der Waals surface area (Å²) in [6.07, 6.45) is 0.782. The van der Waals surface area contributed by atoms with Gasteiger partial charge in [-0.15, -0.1) is 0 Å².